The Kier molecular flexibility index (Phi) is 7.35. The fourth-order valence-electron chi connectivity index (χ4n) is 2.39. The summed E-state index contributed by atoms with van der Waals surface area (Å²) in [7, 11) is 1.30. The van der Waals surface area contributed by atoms with Crippen molar-refractivity contribution >= 4 is 28.9 Å². The van der Waals surface area contributed by atoms with Crippen molar-refractivity contribution < 1.29 is 28.7 Å². The molecule has 154 valence electrons. The molecular weight excluding hydrogens is 382 g/mol. The Morgan fingerprint density at radius 1 is 0.931 bits per heavy atom. The minimum atomic E-state index is -0.969. The Labute approximate surface area is 166 Å². The van der Waals surface area contributed by atoms with Gasteiger partial charge in [0.15, 0.2) is 11.5 Å². The molecule has 0 radical (unpaired) electrons. The molecule has 2 aromatic rings. The summed E-state index contributed by atoms with van der Waals surface area (Å²) >= 11 is 0. The van der Waals surface area contributed by atoms with Gasteiger partial charge in [0.05, 0.1) is 37.0 Å². The Morgan fingerprint density at radius 2 is 1.59 bits per heavy atom. The summed E-state index contributed by atoms with van der Waals surface area (Å²) in [6.07, 6.45) is 0. The molecule has 0 aliphatic heterocycles. The lowest BCUT2D eigenvalue weighted by Crippen LogP contribution is -2.29. The van der Waals surface area contributed by atoms with Crippen LogP contribution in [0.15, 0.2) is 36.4 Å². The molecule has 0 spiro atoms. The number of non-ortho nitro benzene ring substituents is 1. The Hall–Kier alpha value is -3.82. The van der Waals surface area contributed by atoms with Gasteiger partial charge < -0.3 is 24.8 Å². The molecule has 0 atom stereocenters. The van der Waals surface area contributed by atoms with E-state index in [1.54, 1.807) is 18.2 Å². The fraction of sp³-hybridized carbons (Fsp3) is 0.263. The monoisotopic (exact) mass is 403 g/mol. The number of carbonyl (C=O) groups excluding carboxylic acids is 2. The molecule has 0 aliphatic rings. The van der Waals surface area contributed by atoms with Crippen LogP contribution >= 0.6 is 0 Å². The molecule has 2 aromatic carbocycles. The minimum absolute atomic E-state index is 0.0556. The van der Waals surface area contributed by atoms with Gasteiger partial charge in [0.1, 0.15) is 5.75 Å². The summed E-state index contributed by atoms with van der Waals surface area (Å²) in [6.45, 7) is 4.50. The van der Waals surface area contributed by atoms with Gasteiger partial charge in [-0.3, -0.25) is 19.7 Å². The maximum atomic E-state index is 12.2. The molecule has 2 rings (SSSR count). The van der Waals surface area contributed by atoms with Gasteiger partial charge in [-0.2, -0.15) is 0 Å². The van der Waals surface area contributed by atoms with Crippen molar-refractivity contribution in [3.8, 4) is 17.2 Å². The van der Waals surface area contributed by atoms with E-state index in [0.717, 1.165) is 6.07 Å². The fourth-order valence-corrected chi connectivity index (χ4v) is 2.39. The largest absolute Gasteiger partial charge is 0.494 e. The topological polar surface area (TPSA) is 129 Å². The number of hydrogen-bond donors (Lipinski definition) is 2. The van der Waals surface area contributed by atoms with Crippen LogP contribution in [0.3, 0.4) is 0 Å². The van der Waals surface area contributed by atoms with Crippen molar-refractivity contribution in [1.29, 1.82) is 0 Å². The average Bonchev–Trinajstić information content (AvgIpc) is 2.70. The standard InChI is InChI=1S/C19H21N3O7/c1-4-28-15-9-6-12(10-17(15)29-5-2)20-18(23)19(24)21-14-8-7-13(22(25)26)11-16(14)27-3/h6-11H,4-5H2,1-3H3,(H,20,23)(H,21,24). The molecule has 10 nitrogen and oxygen atoms in total. The van der Waals surface area contributed by atoms with Crippen molar-refractivity contribution in [3.05, 3.63) is 46.5 Å². The van der Waals surface area contributed by atoms with Gasteiger partial charge in [0.2, 0.25) is 0 Å². The first-order valence-electron chi connectivity index (χ1n) is 8.74. The van der Waals surface area contributed by atoms with Gasteiger partial charge in [0.25, 0.3) is 5.69 Å². The number of methoxy groups -OCH3 is 1. The van der Waals surface area contributed by atoms with Gasteiger partial charge in [-0.15, -0.1) is 0 Å². The zero-order valence-electron chi connectivity index (χ0n) is 16.2. The molecule has 10 heteroatoms. The first kappa shape index (κ1) is 21.5. The van der Waals surface area contributed by atoms with E-state index in [9.17, 15) is 19.7 Å². The van der Waals surface area contributed by atoms with E-state index in [1.165, 1.54) is 19.2 Å². The zero-order chi connectivity index (χ0) is 21.4. The lowest BCUT2D eigenvalue weighted by atomic mass is 10.2. The first-order valence-corrected chi connectivity index (χ1v) is 8.74. The highest BCUT2D eigenvalue weighted by molar-refractivity contribution is 6.43. The molecule has 0 aromatic heterocycles. The van der Waals surface area contributed by atoms with E-state index in [0.29, 0.717) is 30.4 Å². The molecule has 0 fully saturated rings. The van der Waals surface area contributed by atoms with Crippen LogP contribution in [-0.4, -0.2) is 37.1 Å². The van der Waals surface area contributed by atoms with Crippen molar-refractivity contribution in [2.24, 2.45) is 0 Å². The highest BCUT2D eigenvalue weighted by Gasteiger charge is 2.19. The second kappa shape index (κ2) is 9.93. The molecule has 0 heterocycles. The van der Waals surface area contributed by atoms with Crippen LogP contribution in [0.25, 0.3) is 0 Å². The number of anilines is 2. The lowest BCUT2D eigenvalue weighted by Gasteiger charge is -2.13. The van der Waals surface area contributed by atoms with Crippen LogP contribution in [0.4, 0.5) is 17.1 Å². The Bertz CT molecular complexity index is 915. The molecule has 0 unspecified atom stereocenters. The lowest BCUT2D eigenvalue weighted by molar-refractivity contribution is -0.384. The number of hydrogen-bond acceptors (Lipinski definition) is 7. The third-order valence-electron chi connectivity index (χ3n) is 3.65. The van der Waals surface area contributed by atoms with Crippen LogP contribution in [0, 0.1) is 10.1 Å². The molecule has 2 N–H and O–H groups in total. The molecular formula is C19H21N3O7. The zero-order valence-corrected chi connectivity index (χ0v) is 16.2. The number of rotatable bonds is 8. The predicted octanol–water partition coefficient (Wildman–Crippen LogP) is 2.98. The summed E-state index contributed by atoms with van der Waals surface area (Å²) in [4.78, 5) is 34.7. The minimum Gasteiger partial charge on any atom is -0.494 e. The third-order valence-corrected chi connectivity index (χ3v) is 3.65. The maximum Gasteiger partial charge on any atom is 0.314 e. The first-order chi connectivity index (χ1) is 13.9. The van der Waals surface area contributed by atoms with Gasteiger partial charge in [0, 0.05) is 17.8 Å². The van der Waals surface area contributed by atoms with Gasteiger partial charge in [-0.1, -0.05) is 0 Å². The SMILES string of the molecule is CCOc1ccc(NC(=O)C(=O)Nc2ccc([N+](=O)[O-])cc2OC)cc1OCC. The number of benzene rings is 2. The van der Waals surface area contributed by atoms with Gasteiger partial charge >= 0.3 is 11.8 Å². The summed E-state index contributed by atoms with van der Waals surface area (Å²) in [6, 6.07) is 8.37. The third kappa shape index (κ3) is 5.58. The predicted molar refractivity (Wildman–Crippen MR) is 106 cm³/mol. The second-order valence-electron chi connectivity index (χ2n) is 5.58. The second-order valence-corrected chi connectivity index (χ2v) is 5.58. The van der Waals surface area contributed by atoms with E-state index >= 15 is 0 Å². The molecule has 29 heavy (non-hydrogen) atoms. The van der Waals surface area contributed by atoms with Crippen molar-refractivity contribution in [2.45, 2.75) is 13.8 Å². The van der Waals surface area contributed by atoms with Crippen LogP contribution in [0.5, 0.6) is 17.2 Å². The quantitative estimate of drug-likeness (QED) is 0.394. The normalized spacial score (nSPS) is 10.0. The summed E-state index contributed by atoms with van der Waals surface area (Å²) in [5, 5.41) is 15.7. The van der Waals surface area contributed by atoms with Crippen molar-refractivity contribution in [3.63, 3.8) is 0 Å². The van der Waals surface area contributed by atoms with Gasteiger partial charge in [-0.05, 0) is 32.0 Å². The highest BCUT2D eigenvalue weighted by Crippen LogP contribution is 2.31. The molecule has 0 saturated heterocycles. The number of nitrogens with one attached hydrogen (secondary N) is 2. The Morgan fingerprint density at radius 3 is 2.21 bits per heavy atom. The number of nitrogens with zero attached hydrogens (tertiary/aromatic N) is 1. The van der Waals surface area contributed by atoms with E-state index in [2.05, 4.69) is 10.6 Å². The molecule has 0 aliphatic carbocycles. The van der Waals surface area contributed by atoms with E-state index in [1.807, 2.05) is 13.8 Å². The highest BCUT2D eigenvalue weighted by atomic mass is 16.6. The summed E-state index contributed by atoms with van der Waals surface area (Å²) in [5.74, 6) is -0.891. The number of carbonyl (C=O) groups is 2. The molecule has 0 saturated carbocycles. The van der Waals surface area contributed by atoms with Crippen LogP contribution < -0.4 is 24.8 Å². The smallest absolute Gasteiger partial charge is 0.314 e. The molecule has 2 amide bonds. The number of nitro benzene ring substituents is 1. The van der Waals surface area contributed by atoms with Crippen molar-refractivity contribution in [1.82, 2.24) is 0 Å². The average molecular weight is 403 g/mol. The van der Waals surface area contributed by atoms with Crippen LogP contribution in [0.1, 0.15) is 13.8 Å². The van der Waals surface area contributed by atoms with Crippen LogP contribution in [0.2, 0.25) is 0 Å². The number of amides is 2. The summed E-state index contributed by atoms with van der Waals surface area (Å²) < 4.78 is 16.0. The van der Waals surface area contributed by atoms with E-state index < -0.39 is 16.7 Å². The summed E-state index contributed by atoms with van der Waals surface area (Å²) in [5.41, 5.74) is 0.259. The van der Waals surface area contributed by atoms with Crippen LogP contribution in [-0.2, 0) is 9.59 Å². The van der Waals surface area contributed by atoms with Crippen molar-refractivity contribution in [2.75, 3.05) is 31.0 Å². The molecule has 0 bridgehead atoms. The van der Waals surface area contributed by atoms with E-state index in [-0.39, 0.29) is 17.1 Å². The van der Waals surface area contributed by atoms with Gasteiger partial charge in [-0.25, -0.2) is 0 Å². The number of ether oxygens (including phenoxy) is 3. The maximum absolute atomic E-state index is 12.2. The number of nitro groups is 1. The van der Waals surface area contributed by atoms with E-state index in [4.69, 9.17) is 14.2 Å². The Balaban J connectivity index is 2.12.